The molecule has 0 amide bonds. The van der Waals surface area contributed by atoms with E-state index in [0.29, 0.717) is 5.75 Å². The number of nitro benzene ring substituents is 1. The lowest BCUT2D eigenvalue weighted by molar-refractivity contribution is -0.385. The first kappa shape index (κ1) is 19.4. The van der Waals surface area contributed by atoms with E-state index in [1.165, 1.54) is 17.8 Å². The molecule has 0 heterocycles. The maximum Gasteiger partial charge on any atom is 0.270 e. The number of aliphatic imine (C=N–C) groups is 1. The van der Waals surface area contributed by atoms with Crippen LogP contribution in [0.5, 0.6) is 0 Å². The Bertz CT molecular complexity index is 595. The van der Waals surface area contributed by atoms with E-state index in [9.17, 15) is 14.5 Å². The third kappa shape index (κ3) is 5.47. The van der Waals surface area contributed by atoms with Crippen molar-refractivity contribution in [3.05, 3.63) is 39.7 Å². The van der Waals surface area contributed by atoms with Gasteiger partial charge in [0.2, 0.25) is 0 Å². The highest BCUT2D eigenvalue weighted by atomic mass is 32.2. The molecule has 1 atom stereocenters. The summed E-state index contributed by atoms with van der Waals surface area (Å²) in [5.74, 6) is 0.136. The molecular weight excluding hydrogens is 321 g/mol. The van der Waals surface area contributed by atoms with Gasteiger partial charge in [-0.3, -0.25) is 10.1 Å². The molecule has 1 aromatic carbocycles. The summed E-state index contributed by atoms with van der Waals surface area (Å²) >= 11 is 1.32. The van der Waals surface area contributed by atoms with Gasteiger partial charge in [0.25, 0.3) is 5.69 Å². The van der Waals surface area contributed by atoms with E-state index < -0.39 is 16.3 Å². The molecule has 6 nitrogen and oxygen atoms in total. The largest absolute Gasteiger partial charge is 0.379 e. The number of nitro groups is 1. The Kier molecular flexibility index (Phi) is 6.96. The fraction of sp³-hybridized carbons (Fsp3) is 0.533. The first-order chi connectivity index (χ1) is 10.7. The zero-order valence-corrected chi connectivity index (χ0v) is 14.5. The van der Waals surface area contributed by atoms with Crippen molar-refractivity contribution in [3.8, 4) is 0 Å². The van der Waals surface area contributed by atoms with E-state index in [1.54, 1.807) is 6.92 Å². The second-order valence-corrected chi connectivity index (χ2v) is 6.72. The van der Waals surface area contributed by atoms with E-state index in [1.807, 2.05) is 20.8 Å². The van der Waals surface area contributed by atoms with Crippen molar-refractivity contribution < 1.29 is 14.1 Å². The van der Waals surface area contributed by atoms with Crippen LogP contribution in [0.2, 0.25) is 0 Å². The van der Waals surface area contributed by atoms with Gasteiger partial charge in [0, 0.05) is 17.7 Å². The predicted octanol–water partition coefficient (Wildman–Crippen LogP) is 3.44. The fourth-order valence-electron chi connectivity index (χ4n) is 1.96. The first-order valence-corrected chi connectivity index (χ1v) is 8.22. The molecule has 2 N–H and O–H groups in total. The summed E-state index contributed by atoms with van der Waals surface area (Å²) in [6.07, 6.45) is -0.0914. The van der Waals surface area contributed by atoms with Crippen molar-refractivity contribution in [1.29, 1.82) is 0 Å². The standard InChI is InChI=1S/C15H22FN3O3S/c1-5-23-14(17)18-15(4,9-22-10(2)3)12-8-11(19(20)21)6-7-13(12)16/h6-8,10H,5,9H2,1-4H3,(H2,17,18)/t15-/m1/s1. The molecule has 0 saturated carbocycles. The van der Waals surface area contributed by atoms with Gasteiger partial charge in [0.1, 0.15) is 11.4 Å². The minimum atomic E-state index is -1.15. The van der Waals surface area contributed by atoms with Gasteiger partial charge < -0.3 is 10.5 Å². The second kappa shape index (κ2) is 8.26. The number of ether oxygens (including phenoxy) is 1. The van der Waals surface area contributed by atoms with Crippen molar-refractivity contribution in [2.75, 3.05) is 12.4 Å². The number of halogens is 1. The maximum absolute atomic E-state index is 14.3. The van der Waals surface area contributed by atoms with E-state index in [-0.39, 0.29) is 29.1 Å². The van der Waals surface area contributed by atoms with Crippen molar-refractivity contribution >= 4 is 22.6 Å². The van der Waals surface area contributed by atoms with Crippen LogP contribution in [0.1, 0.15) is 33.3 Å². The highest BCUT2D eigenvalue weighted by molar-refractivity contribution is 8.13. The van der Waals surface area contributed by atoms with Gasteiger partial charge in [0.05, 0.1) is 17.6 Å². The second-order valence-electron chi connectivity index (χ2n) is 5.44. The smallest absolute Gasteiger partial charge is 0.270 e. The zero-order chi connectivity index (χ0) is 17.6. The SMILES string of the molecule is CCS/C(N)=N\[C@](C)(COC(C)C)c1cc([N+](=O)[O-])ccc1F. The molecule has 1 rings (SSSR count). The van der Waals surface area contributed by atoms with E-state index >= 15 is 0 Å². The Morgan fingerprint density at radius 3 is 2.74 bits per heavy atom. The van der Waals surface area contributed by atoms with E-state index in [0.717, 1.165) is 12.1 Å². The minimum Gasteiger partial charge on any atom is -0.379 e. The van der Waals surface area contributed by atoms with Crippen molar-refractivity contribution in [3.63, 3.8) is 0 Å². The summed E-state index contributed by atoms with van der Waals surface area (Å²) in [5.41, 5.74) is 4.61. The number of rotatable bonds is 7. The van der Waals surface area contributed by atoms with Crippen molar-refractivity contribution in [1.82, 2.24) is 0 Å². The van der Waals surface area contributed by atoms with Gasteiger partial charge in [-0.1, -0.05) is 18.7 Å². The monoisotopic (exact) mass is 343 g/mol. The summed E-state index contributed by atoms with van der Waals surface area (Å²) in [4.78, 5) is 14.8. The Labute approximate surface area is 139 Å². The van der Waals surface area contributed by atoms with Crippen LogP contribution >= 0.6 is 11.8 Å². The lowest BCUT2D eigenvalue weighted by Gasteiger charge is -2.27. The lowest BCUT2D eigenvalue weighted by Crippen LogP contribution is -2.31. The summed E-state index contributed by atoms with van der Waals surface area (Å²) in [6.45, 7) is 7.33. The highest BCUT2D eigenvalue weighted by Crippen LogP contribution is 2.32. The summed E-state index contributed by atoms with van der Waals surface area (Å²) in [7, 11) is 0. The number of nitrogens with zero attached hydrogens (tertiary/aromatic N) is 2. The van der Waals surface area contributed by atoms with E-state index in [2.05, 4.69) is 4.99 Å². The molecule has 23 heavy (non-hydrogen) atoms. The normalized spacial score (nSPS) is 14.8. The molecule has 0 unspecified atom stereocenters. The fourth-order valence-corrected chi connectivity index (χ4v) is 2.52. The van der Waals surface area contributed by atoms with Gasteiger partial charge in [-0.05, 0) is 32.6 Å². The molecule has 0 fully saturated rings. The summed E-state index contributed by atoms with van der Waals surface area (Å²) in [6, 6.07) is 3.38. The van der Waals surface area contributed by atoms with Gasteiger partial charge in [-0.15, -0.1) is 0 Å². The first-order valence-electron chi connectivity index (χ1n) is 7.23. The van der Waals surface area contributed by atoms with Crippen LogP contribution in [0, 0.1) is 15.9 Å². The Balaban J connectivity index is 3.35. The van der Waals surface area contributed by atoms with Gasteiger partial charge in [-0.25, -0.2) is 9.38 Å². The Hall–Kier alpha value is -1.67. The molecule has 0 bridgehead atoms. The maximum atomic E-state index is 14.3. The molecule has 0 aliphatic rings. The summed E-state index contributed by atoms with van der Waals surface area (Å²) in [5, 5.41) is 11.3. The number of hydrogen-bond acceptors (Lipinski definition) is 5. The number of thioether (sulfide) groups is 1. The molecule has 0 aliphatic heterocycles. The van der Waals surface area contributed by atoms with Crippen LogP contribution in [-0.4, -0.2) is 28.6 Å². The summed E-state index contributed by atoms with van der Waals surface area (Å²) < 4.78 is 19.9. The van der Waals surface area contributed by atoms with Crippen molar-refractivity contribution in [2.45, 2.75) is 39.3 Å². The molecule has 0 aliphatic carbocycles. The Morgan fingerprint density at radius 1 is 1.57 bits per heavy atom. The zero-order valence-electron chi connectivity index (χ0n) is 13.7. The van der Waals surface area contributed by atoms with Crippen LogP contribution < -0.4 is 5.73 Å². The molecule has 0 aromatic heterocycles. The van der Waals surface area contributed by atoms with Crippen LogP contribution in [-0.2, 0) is 10.3 Å². The minimum absolute atomic E-state index is 0.0632. The van der Waals surface area contributed by atoms with Crippen LogP contribution in [0.4, 0.5) is 10.1 Å². The van der Waals surface area contributed by atoms with Gasteiger partial charge in [-0.2, -0.15) is 0 Å². The molecule has 0 radical (unpaired) electrons. The average molecular weight is 343 g/mol. The third-order valence-corrected chi connectivity index (χ3v) is 3.76. The highest BCUT2D eigenvalue weighted by Gasteiger charge is 2.32. The number of amidine groups is 1. The number of hydrogen-bond donors (Lipinski definition) is 1. The number of non-ortho nitro benzene ring substituents is 1. The predicted molar refractivity (Wildman–Crippen MR) is 91.2 cm³/mol. The molecule has 0 saturated heterocycles. The van der Waals surface area contributed by atoms with Crippen LogP contribution in [0.15, 0.2) is 23.2 Å². The average Bonchev–Trinajstić information content (AvgIpc) is 2.45. The molecular formula is C15H22FN3O3S. The molecule has 8 heteroatoms. The number of nitrogens with two attached hydrogens (primary N) is 1. The van der Waals surface area contributed by atoms with Crippen molar-refractivity contribution in [2.24, 2.45) is 10.7 Å². The molecule has 0 spiro atoms. The Morgan fingerprint density at radius 2 is 2.22 bits per heavy atom. The van der Waals surface area contributed by atoms with Crippen LogP contribution in [0.25, 0.3) is 0 Å². The molecule has 1 aromatic rings. The number of benzene rings is 1. The third-order valence-electron chi connectivity index (χ3n) is 3.09. The van der Waals surface area contributed by atoms with Crippen LogP contribution in [0.3, 0.4) is 0 Å². The topological polar surface area (TPSA) is 90.8 Å². The van der Waals surface area contributed by atoms with Gasteiger partial charge >= 0.3 is 0 Å². The van der Waals surface area contributed by atoms with Gasteiger partial charge in [0.15, 0.2) is 5.17 Å². The lowest BCUT2D eigenvalue weighted by atomic mass is 9.92. The van der Waals surface area contributed by atoms with E-state index in [4.69, 9.17) is 10.5 Å². The quantitative estimate of drug-likeness (QED) is 0.354. The molecule has 128 valence electrons.